The first-order chi connectivity index (χ1) is 9.70. The van der Waals surface area contributed by atoms with Crippen LogP contribution in [0.4, 0.5) is 0 Å². The minimum atomic E-state index is -0.584. The van der Waals surface area contributed by atoms with Gasteiger partial charge in [0, 0.05) is 6.42 Å². The van der Waals surface area contributed by atoms with E-state index < -0.39 is 5.92 Å². The lowest BCUT2D eigenvalue weighted by Gasteiger charge is -2.15. The van der Waals surface area contributed by atoms with E-state index in [1.54, 1.807) is 0 Å². The van der Waals surface area contributed by atoms with E-state index in [4.69, 9.17) is 0 Å². The van der Waals surface area contributed by atoms with Crippen molar-refractivity contribution in [3.8, 4) is 6.07 Å². The predicted octanol–water partition coefficient (Wildman–Crippen LogP) is 4.53. The van der Waals surface area contributed by atoms with Crippen molar-refractivity contribution < 1.29 is 4.79 Å². The number of aryl methyl sites for hydroxylation is 1. The molecule has 1 fully saturated rings. The summed E-state index contributed by atoms with van der Waals surface area (Å²) in [7, 11) is 0. The van der Waals surface area contributed by atoms with E-state index in [-0.39, 0.29) is 5.78 Å². The number of hydrogen-bond acceptors (Lipinski definition) is 2. The summed E-state index contributed by atoms with van der Waals surface area (Å²) in [5.74, 6) is 0.00778. The van der Waals surface area contributed by atoms with Crippen molar-refractivity contribution in [2.75, 3.05) is 0 Å². The summed E-state index contributed by atoms with van der Waals surface area (Å²) in [6, 6.07) is 9.96. The molecule has 0 amide bonds. The SMILES string of the molecule is Cc1ccc(C(C#N)C(=O)CC2CCCCCC2)cc1. The Labute approximate surface area is 121 Å². The number of nitriles is 1. The van der Waals surface area contributed by atoms with Gasteiger partial charge in [-0.2, -0.15) is 5.26 Å². The van der Waals surface area contributed by atoms with Gasteiger partial charge >= 0.3 is 0 Å². The molecule has 2 heteroatoms. The molecule has 0 aromatic heterocycles. The van der Waals surface area contributed by atoms with Gasteiger partial charge in [-0.3, -0.25) is 4.79 Å². The minimum Gasteiger partial charge on any atom is -0.298 e. The molecule has 1 unspecified atom stereocenters. The van der Waals surface area contributed by atoms with Gasteiger partial charge in [-0.15, -0.1) is 0 Å². The molecule has 0 bridgehead atoms. The van der Waals surface area contributed by atoms with E-state index in [9.17, 15) is 10.1 Å². The summed E-state index contributed by atoms with van der Waals surface area (Å²) < 4.78 is 0. The Morgan fingerprint density at radius 3 is 2.35 bits per heavy atom. The molecule has 2 rings (SSSR count). The van der Waals surface area contributed by atoms with Gasteiger partial charge in [-0.25, -0.2) is 0 Å². The summed E-state index contributed by atoms with van der Waals surface area (Å²) in [5.41, 5.74) is 2.00. The highest BCUT2D eigenvalue weighted by Gasteiger charge is 2.24. The van der Waals surface area contributed by atoms with E-state index >= 15 is 0 Å². The second-order valence-electron chi connectivity index (χ2n) is 6.00. The van der Waals surface area contributed by atoms with Crippen molar-refractivity contribution in [1.82, 2.24) is 0 Å². The summed E-state index contributed by atoms with van der Waals surface area (Å²) in [6.45, 7) is 2.01. The summed E-state index contributed by atoms with van der Waals surface area (Å²) >= 11 is 0. The third-order valence-corrected chi connectivity index (χ3v) is 4.33. The van der Waals surface area contributed by atoms with E-state index in [1.165, 1.54) is 25.7 Å². The van der Waals surface area contributed by atoms with Crippen LogP contribution in [0, 0.1) is 24.2 Å². The van der Waals surface area contributed by atoms with Crippen LogP contribution >= 0.6 is 0 Å². The Balaban J connectivity index is 2.01. The Morgan fingerprint density at radius 1 is 1.20 bits per heavy atom. The van der Waals surface area contributed by atoms with Gasteiger partial charge in [0.25, 0.3) is 0 Å². The molecule has 0 saturated heterocycles. The quantitative estimate of drug-likeness (QED) is 0.753. The van der Waals surface area contributed by atoms with E-state index in [0.29, 0.717) is 12.3 Å². The fourth-order valence-corrected chi connectivity index (χ4v) is 3.06. The van der Waals surface area contributed by atoms with Crippen molar-refractivity contribution in [1.29, 1.82) is 5.26 Å². The normalized spacial score (nSPS) is 18.0. The van der Waals surface area contributed by atoms with Crippen molar-refractivity contribution in [3.63, 3.8) is 0 Å². The summed E-state index contributed by atoms with van der Waals surface area (Å²) in [5, 5.41) is 9.33. The van der Waals surface area contributed by atoms with Gasteiger partial charge < -0.3 is 0 Å². The lowest BCUT2D eigenvalue weighted by molar-refractivity contribution is -0.120. The zero-order valence-electron chi connectivity index (χ0n) is 12.3. The van der Waals surface area contributed by atoms with Crippen LogP contribution in [0.2, 0.25) is 0 Å². The Kier molecular flexibility index (Phi) is 5.35. The monoisotopic (exact) mass is 269 g/mol. The van der Waals surface area contributed by atoms with Gasteiger partial charge in [0.1, 0.15) is 5.92 Å². The van der Waals surface area contributed by atoms with E-state index in [0.717, 1.165) is 24.0 Å². The zero-order chi connectivity index (χ0) is 14.4. The summed E-state index contributed by atoms with van der Waals surface area (Å²) in [6.07, 6.45) is 7.94. The number of carbonyl (C=O) groups is 1. The second kappa shape index (κ2) is 7.24. The Morgan fingerprint density at radius 2 is 1.80 bits per heavy atom. The predicted molar refractivity (Wildman–Crippen MR) is 80.3 cm³/mol. The number of Topliss-reactive ketones (excluding diaryl/α,β-unsaturated/α-hetero) is 1. The topological polar surface area (TPSA) is 40.9 Å². The fraction of sp³-hybridized carbons (Fsp3) is 0.556. The second-order valence-corrected chi connectivity index (χ2v) is 6.00. The van der Waals surface area contributed by atoms with Crippen LogP contribution in [-0.2, 0) is 4.79 Å². The highest BCUT2D eigenvalue weighted by Crippen LogP contribution is 2.28. The Hall–Kier alpha value is -1.62. The molecular formula is C18H23NO. The molecule has 1 aromatic carbocycles. The first-order valence-electron chi connectivity index (χ1n) is 7.69. The third kappa shape index (κ3) is 3.93. The molecule has 2 nitrogen and oxygen atoms in total. The number of carbonyl (C=O) groups excluding carboxylic acids is 1. The smallest absolute Gasteiger partial charge is 0.154 e. The molecule has 0 N–H and O–H groups in total. The molecule has 0 radical (unpaired) electrons. The average molecular weight is 269 g/mol. The highest BCUT2D eigenvalue weighted by atomic mass is 16.1. The fourth-order valence-electron chi connectivity index (χ4n) is 3.06. The summed E-state index contributed by atoms with van der Waals surface area (Å²) in [4.78, 5) is 12.4. The zero-order valence-corrected chi connectivity index (χ0v) is 12.3. The van der Waals surface area contributed by atoms with Crippen molar-refractivity contribution >= 4 is 5.78 Å². The molecule has 1 atom stereocenters. The number of nitrogens with zero attached hydrogens (tertiary/aromatic N) is 1. The van der Waals surface area contributed by atoms with Crippen LogP contribution in [-0.4, -0.2) is 5.78 Å². The van der Waals surface area contributed by atoms with Gasteiger partial charge in [-0.1, -0.05) is 68.4 Å². The largest absolute Gasteiger partial charge is 0.298 e. The van der Waals surface area contributed by atoms with Crippen LogP contribution in [0.25, 0.3) is 0 Å². The molecule has 1 saturated carbocycles. The van der Waals surface area contributed by atoms with E-state index in [1.807, 2.05) is 31.2 Å². The number of hydrogen-bond donors (Lipinski definition) is 0. The molecular weight excluding hydrogens is 246 g/mol. The lowest BCUT2D eigenvalue weighted by atomic mass is 9.87. The van der Waals surface area contributed by atoms with Gasteiger partial charge in [-0.05, 0) is 18.4 Å². The lowest BCUT2D eigenvalue weighted by Crippen LogP contribution is -2.15. The molecule has 0 spiro atoms. The van der Waals surface area contributed by atoms with Crippen LogP contribution < -0.4 is 0 Å². The van der Waals surface area contributed by atoms with Crippen LogP contribution in [0.5, 0.6) is 0 Å². The van der Waals surface area contributed by atoms with Crippen molar-refractivity contribution in [2.45, 2.75) is 57.8 Å². The molecule has 0 aliphatic heterocycles. The van der Waals surface area contributed by atoms with Gasteiger partial charge in [0.15, 0.2) is 5.78 Å². The van der Waals surface area contributed by atoms with Crippen LogP contribution in [0.1, 0.15) is 62.0 Å². The maximum Gasteiger partial charge on any atom is 0.154 e. The molecule has 106 valence electrons. The Bertz CT molecular complexity index is 475. The van der Waals surface area contributed by atoms with Crippen LogP contribution in [0.15, 0.2) is 24.3 Å². The molecule has 20 heavy (non-hydrogen) atoms. The highest BCUT2D eigenvalue weighted by molar-refractivity contribution is 5.88. The number of benzene rings is 1. The number of ketones is 1. The molecule has 1 aliphatic rings. The first-order valence-corrected chi connectivity index (χ1v) is 7.69. The molecule has 0 heterocycles. The third-order valence-electron chi connectivity index (χ3n) is 4.33. The molecule has 1 aliphatic carbocycles. The van der Waals surface area contributed by atoms with Crippen molar-refractivity contribution in [2.24, 2.45) is 5.92 Å². The standard InChI is InChI=1S/C18H23NO/c1-14-8-10-16(11-9-14)17(13-19)18(20)12-15-6-4-2-3-5-7-15/h8-11,15,17H,2-7,12H2,1H3. The molecule has 1 aromatic rings. The maximum atomic E-state index is 12.4. The van der Waals surface area contributed by atoms with Crippen molar-refractivity contribution in [3.05, 3.63) is 35.4 Å². The minimum absolute atomic E-state index is 0.100. The first kappa shape index (κ1) is 14.8. The maximum absolute atomic E-state index is 12.4. The number of rotatable bonds is 4. The average Bonchev–Trinajstić information content (AvgIpc) is 2.70. The van der Waals surface area contributed by atoms with Gasteiger partial charge in [0.2, 0.25) is 0 Å². The van der Waals surface area contributed by atoms with E-state index in [2.05, 4.69) is 6.07 Å². The van der Waals surface area contributed by atoms with Crippen LogP contribution in [0.3, 0.4) is 0 Å². The van der Waals surface area contributed by atoms with Gasteiger partial charge in [0.05, 0.1) is 6.07 Å².